The van der Waals surface area contributed by atoms with Crippen LogP contribution in [0.1, 0.15) is 93.3 Å². The Balaban J connectivity index is 2.14. The zero-order chi connectivity index (χ0) is 27.1. The molecule has 0 atom stereocenters. The van der Waals surface area contributed by atoms with Gasteiger partial charge in [-0.2, -0.15) is 0 Å². The van der Waals surface area contributed by atoms with Crippen LogP contribution in [-0.2, 0) is 20.5 Å². The van der Waals surface area contributed by atoms with Gasteiger partial charge in [-0.3, -0.25) is 0 Å². The average Bonchev–Trinajstić information content (AvgIpc) is 3.29. The number of carbonyl (C=O) groups is 1. The van der Waals surface area contributed by atoms with E-state index in [4.69, 9.17) is 14.0 Å². The number of allylic oxidation sites excluding steroid dienone is 2. The normalized spacial score (nSPS) is 16.5. The number of fused-ring (bicyclic) bond motifs is 2. The van der Waals surface area contributed by atoms with Crippen molar-refractivity contribution in [2.45, 2.75) is 75.2 Å². The summed E-state index contributed by atoms with van der Waals surface area (Å²) in [6, 6.07) is 7.81. The fourth-order valence-electron chi connectivity index (χ4n) is 6.56. The van der Waals surface area contributed by atoms with Crippen LogP contribution in [0.2, 0.25) is 0 Å². The minimum atomic E-state index is -2.03. The van der Waals surface area contributed by atoms with Gasteiger partial charge in [0.2, 0.25) is 0 Å². The quantitative estimate of drug-likeness (QED) is 0.302. The maximum Gasteiger partial charge on any atom is 0.666 e. The van der Waals surface area contributed by atoms with E-state index in [2.05, 4.69) is 50.5 Å². The average molecular weight is 504 g/mol. The van der Waals surface area contributed by atoms with Crippen molar-refractivity contribution in [3.8, 4) is 0 Å². The third-order valence-corrected chi connectivity index (χ3v) is 7.98. The molecular weight excluding hydrogens is 463 g/mol. The standard InChI is InChI=1S/C30H41BN2O4/c1-10-25-19(6)28-27(23-15-17-24(18-16-23)30(34)35-12-3)29-20(7)26(11-2)22(9)33(29)31(36-13-4,37-14-5)32(28)21(25)8/h15-18H,10-14H2,1-9H3. The Morgan fingerprint density at radius 3 is 2.03 bits per heavy atom. The molecule has 3 heterocycles. The smallest absolute Gasteiger partial charge is 0.484 e. The van der Waals surface area contributed by atoms with Crippen LogP contribution in [0.25, 0.3) is 5.57 Å². The summed E-state index contributed by atoms with van der Waals surface area (Å²) < 4.78 is 23.3. The highest BCUT2D eigenvalue weighted by atomic mass is 16.6. The van der Waals surface area contributed by atoms with E-state index in [0.717, 1.165) is 35.4 Å². The van der Waals surface area contributed by atoms with Gasteiger partial charge in [-0.05, 0) is 88.9 Å². The first-order chi connectivity index (χ1) is 17.7. The van der Waals surface area contributed by atoms with Crippen LogP contribution < -0.4 is 0 Å². The summed E-state index contributed by atoms with van der Waals surface area (Å²) >= 11 is 0. The van der Waals surface area contributed by atoms with Crippen LogP contribution in [0.3, 0.4) is 0 Å². The molecule has 0 fully saturated rings. The number of esters is 1. The fraction of sp³-hybridized carbons (Fsp3) is 0.467. The highest BCUT2D eigenvalue weighted by Crippen LogP contribution is 2.47. The molecule has 4 rings (SSSR count). The van der Waals surface area contributed by atoms with E-state index in [0.29, 0.717) is 25.4 Å². The predicted molar refractivity (Wildman–Crippen MR) is 150 cm³/mol. The summed E-state index contributed by atoms with van der Waals surface area (Å²) in [4.78, 5) is 12.4. The maximum atomic E-state index is 12.4. The molecule has 0 radical (unpaired) electrons. The van der Waals surface area contributed by atoms with Crippen molar-refractivity contribution in [3.05, 3.63) is 74.8 Å². The molecule has 2 aliphatic rings. The van der Waals surface area contributed by atoms with Gasteiger partial charge in [0.25, 0.3) is 0 Å². The predicted octanol–water partition coefficient (Wildman–Crippen LogP) is 6.19. The molecule has 0 saturated heterocycles. The van der Waals surface area contributed by atoms with Crippen LogP contribution in [0, 0.1) is 13.8 Å². The van der Waals surface area contributed by atoms with Gasteiger partial charge < -0.3 is 23.0 Å². The van der Waals surface area contributed by atoms with E-state index in [1.54, 1.807) is 0 Å². The highest BCUT2D eigenvalue weighted by molar-refractivity contribution is 6.60. The summed E-state index contributed by atoms with van der Waals surface area (Å²) in [6.45, 7) is 18.5. The number of nitrogens with zero attached hydrogens (tertiary/aromatic N) is 2. The molecule has 7 heteroatoms. The molecular formula is C30H41BN2O4. The molecule has 0 bridgehead atoms. The van der Waals surface area contributed by atoms with Crippen molar-refractivity contribution in [3.63, 3.8) is 0 Å². The van der Waals surface area contributed by atoms with E-state index < -0.39 is 6.82 Å². The molecule has 1 aromatic carbocycles. The fourth-order valence-corrected chi connectivity index (χ4v) is 6.56. The molecule has 0 aliphatic carbocycles. The molecule has 198 valence electrons. The van der Waals surface area contributed by atoms with Crippen molar-refractivity contribution in [2.24, 2.45) is 0 Å². The zero-order valence-corrected chi connectivity index (χ0v) is 23.9. The van der Waals surface area contributed by atoms with Crippen molar-refractivity contribution >= 4 is 24.1 Å². The minimum Gasteiger partial charge on any atom is -0.484 e. The van der Waals surface area contributed by atoms with E-state index in [9.17, 15) is 4.79 Å². The van der Waals surface area contributed by atoms with Gasteiger partial charge in [-0.1, -0.05) is 26.0 Å². The first kappa shape index (κ1) is 27.1. The molecule has 0 spiro atoms. The molecule has 6 nitrogen and oxygen atoms in total. The Morgan fingerprint density at radius 2 is 1.51 bits per heavy atom. The maximum absolute atomic E-state index is 12.4. The summed E-state index contributed by atoms with van der Waals surface area (Å²) in [5.74, 6) is -0.301. The summed E-state index contributed by atoms with van der Waals surface area (Å²) in [7, 11) is 0. The summed E-state index contributed by atoms with van der Waals surface area (Å²) in [5.41, 5.74) is 12.5. The molecule has 0 unspecified atom stereocenters. The van der Waals surface area contributed by atoms with Gasteiger partial charge in [-0.15, -0.1) is 0 Å². The molecule has 0 saturated carbocycles. The monoisotopic (exact) mass is 504 g/mol. The van der Waals surface area contributed by atoms with Gasteiger partial charge in [0.15, 0.2) is 5.70 Å². The number of hydrogen-bond acceptors (Lipinski definition) is 4. The minimum absolute atomic E-state index is 0.301. The molecule has 2 aliphatic heterocycles. The SMILES string of the molecule is CCOC(=O)c1ccc(C2=C3C(C)=C(CC)C(C)=[N+]3[B-](OCC)(OCC)n3c(C)c(CC)c(C)c32)cc1. The lowest BCUT2D eigenvalue weighted by Crippen LogP contribution is -2.63. The van der Waals surface area contributed by atoms with Crippen LogP contribution >= 0.6 is 0 Å². The lowest BCUT2D eigenvalue weighted by Gasteiger charge is -2.43. The number of benzene rings is 1. The number of carbonyl (C=O) groups excluding carboxylic acids is 1. The third-order valence-electron chi connectivity index (χ3n) is 7.98. The Morgan fingerprint density at radius 1 is 0.892 bits per heavy atom. The van der Waals surface area contributed by atoms with Crippen molar-refractivity contribution in [1.29, 1.82) is 0 Å². The highest BCUT2D eigenvalue weighted by Gasteiger charge is 2.57. The Bertz CT molecular complexity index is 1320. The number of hydrogen-bond donors (Lipinski definition) is 0. The number of ether oxygens (including phenoxy) is 1. The molecule has 0 amide bonds. The van der Waals surface area contributed by atoms with E-state index in [-0.39, 0.29) is 5.97 Å². The van der Waals surface area contributed by atoms with Gasteiger partial charge in [0.05, 0.1) is 17.7 Å². The van der Waals surface area contributed by atoms with Crippen LogP contribution in [0.4, 0.5) is 0 Å². The lowest BCUT2D eigenvalue weighted by atomic mass is 9.78. The largest absolute Gasteiger partial charge is 0.666 e. The van der Waals surface area contributed by atoms with Gasteiger partial charge in [0.1, 0.15) is 5.71 Å². The first-order valence-corrected chi connectivity index (χ1v) is 13.7. The molecule has 37 heavy (non-hydrogen) atoms. The third kappa shape index (κ3) is 3.95. The zero-order valence-electron chi connectivity index (χ0n) is 23.9. The van der Waals surface area contributed by atoms with Crippen molar-refractivity contribution < 1.29 is 23.3 Å². The topological polar surface area (TPSA) is 52.7 Å². The second-order valence-electron chi connectivity index (χ2n) is 9.74. The first-order valence-electron chi connectivity index (χ1n) is 13.7. The second-order valence-corrected chi connectivity index (χ2v) is 9.74. The van der Waals surface area contributed by atoms with E-state index in [1.165, 1.54) is 33.7 Å². The summed E-state index contributed by atoms with van der Waals surface area (Å²) in [6.07, 6.45) is 1.84. The Kier molecular flexibility index (Phi) is 7.68. The van der Waals surface area contributed by atoms with Crippen LogP contribution in [-0.4, -0.2) is 47.3 Å². The molecule has 1 aromatic heterocycles. The second kappa shape index (κ2) is 10.5. The summed E-state index contributed by atoms with van der Waals surface area (Å²) in [5, 5.41) is 0. The Hall–Kier alpha value is -2.90. The molecule has 2 aromatic rings. The molecule has 0 N–H and O–H groups in total. The number of rotatable bonds is 9. The van der Waals surface area contributed by atoms with Crippen LogP contribution in [0.15, 0.2) is 41.1 Å². The number of aromatic nitrogens is 1. The lowest BCUT2D eigenvalue weighted by molar-refractivity contribution is -0.385. The van der Waals surface area contributed by atoms with Gasteiger partial charge >= 0.3 is 12.8 Å². The van der Waals surface area contributed by atoms with Crippen LogP contribution in [0.5, 0.6) is 0 Å². The Labute approximate surface area is 221 Å². The van der Waals surface area contributed by atoms with Crippen molar-refractivity contribution in [1.82, 2.24) is 4.48 Å². The van der Waals surface area contributed by atoms with E-state index >= 15 is 0 Å². The van der Waals surface area contributed by atoms with E-state index in [1.807, 2.05) is 45.0 Å². The van der Waals surface area contributed by atoms with Crippen molar-refractivity contribution in [2.75, 3.05) is 19.8 Å². The van der Waals surface area contributed by atoms with Gasteiger partial charge in [-0.25, -0.2) is 4.79 Å². The van der Waals surface area contributed by atoms with Gasteiger partial charge in [0, 0.05) is 37.0 Å².